The Kier molecular flexibility index (Phi) is 4.12. The van der Waals surface area contributed by atoms with Crippen molar-refractivity contribution in [1.29, 1.82) is 0 Å². The Hall–Kier alpha value is -1.36. The quantitative estimate of drug-likeness (QED) is 0.697. The van der Waals surface area contributed by atoms with Gasteiger partial charge in [-0.25, -0.2) is 4.79 Å². The van der Waals surface area contributed by atoms with E-state index in [0.717, 1.165) is 0 Å². The standard InChI is InChI=1S/C9H14N2O3/c1-2-14-9(13)8-6-10-11(7-8)4-3-5-12/h6-7,12H,2-5H2,1H3. The summed E-state index contributed by atoms with van der Waals surface area (Å²) < 4.78 is 6.42. The highest BCUT2D eigenvalue weighted by atomic mass is 16.5. The van der Waals surface area contributed by atoms with Gasteiger partial charge in [0.25, 0.3) is 0 Å². The topological polar surface area (TPSA) is 64.3 Å². The van der Waals surface area contributed by atoms with Crippen molar-refractivity contribution >= 4 is 5.97 Å². The molecule has 0 amide bonds. The van der Waals surface area contributed by atoms with E-state index in [1.54, 1.807) is 17.8 Å². The normalized spacial score (nSPS) is 10.1. The number of aliphatic hydroxyl groups excluding tert-OH is 1. The van der Waals surface area contributed by atoms with Crippen molar-refractivity contribution in [3.8, 4) is 0 Å². The molecule has 0 spiro atoms. The van der Waals surface area contributed by atoms with Crippen LogP contribution in [0.2, 0.25) is 0 Å². The third-order valence-electron chi connectivity index (χ3n) is 1.69. The predicted molar refractivity (Wildman–Crippen MR) is 49.9 cm³/mol. The molecule has 1 heterocycles. The summed E-state index contributed by atoms with van der Waals surface area (Å²) in [4.78, 5) is 11.2. The Morgan fingerprint density at radius 3 is 3.14 bits per heavy atom. The summed E-state index contributed by atoms with van der Waals surface area (Å²) in [5.74, 6) is -0.359. The Bertz CT molecular complexity index is 296. The molecule has 0 aliphatic rings. The summed E-state index contributed by atoms with van der Waals surface area (Å²) in [6.07, 6.45) is 3.72. The summed E-state index contributed by atoms with van der Waals surface area (Å²) >= 11 is 0. The van der Waals surface area contributed by atoms with Crippen molar-refractivity contribution in [1.82, 2.24) is 9.78 Å². The number of aryl methyl sites for hydroxylation is 1. The van der Waals surface area contributed by atoms with Crippen LogP contribution in [-0.2, 0) is 11.3 Å². The second-order valence-electron chi connectivity index (χ2n) is 2.79. The molecule has 1 N–H and O–H groups in total. The zero-order valence-corrected chi connectivity index (χ0v) is 8.14. The van der Waals surface area contributed by atoms with Crippen LogP contribution in [0.25, 0.3) is 0 Å². The monoisotopic (exact) mass is 198 g/mol. The van der Waals surface area contributed by atoms with Crippen LogP contribution in [0.5, 0.6) is 0 Å². The van der Waals surface area contributed by atoms with Crippen molar-refractivity contribution in [2.24, 2.45) is 0 Å². The maximum absolute atomic E-state index is 11.2. The lowest BCUT2D eigenvalue weighted by molar-refractivity contribution is 0.0526. The lowest BCUT2D eigenvalue weighted by atomic mass is 10.4. The number of rotatable bonds is 5. The molecule has 0 unspecified atom stereocenters. The fourth-order valence-corrected chi connectivity index (χ4v) is 1.04. The van der Waals surface area contributed by atoms with E-state index in [1.807, 2.05) is 0 Å². The fraction of sp³-hybridized carbons (Fsp3) is 0.556. The Balaban J connectivity index is 2.54. The molecular formula is C9H14N2O3. The van der Waals surface area contributed by atoms with Crippen LogP contribution in [0.15, 0.2) is 12.4 Å². The molecule has 0 atom stereocenters. The highest BCUT2D eigenvalue weighted by molar-refractivity contribution is 5.88. The third kappa shape index (κ3) is 2.85. The predicted octanol–water partition coefficient (Wildman–Crippen LogP) is 0.442. The number of carbonyl (C=O) groups excluding carboxylic acids is 1. The molecule has 5 nitrogen and oxygen atoms in total. The fourth-order valence-electron chi connectivity index (χ4n) is 1.04. The Morgan fingerprint density at radius 1 is 1.71 bits per heavy atom. The van der Waals surface area contributed by atoms with Gasteiger partial charge in [-0.3, -0.25) is 4.68 Å². The van der Waals surface area contributed by atoms with Crippen LogP contribution in [0.4, 0.5) is 0 Å². The van der Waals surface area contributed by atoms with E-state index in [9.17, 15) is 4.79 Å². The molecule has 0 saturated carbocycles. The van der Waals surface area contributed by atoms with Crippen LogP contribution in [0.1, 0.15) is 23.7 Å². The number of carbonyl (C=O) groups is 1. The average molecular weight is 198 g/mol. The molecule has 0 aliphatic heterocycles. The van der Waals surface area contributed by atoms with E-state index in [0.29, 0.717) is 25.1 Å². The van der Waals surface area contributed by atoms with Crippen LogP contribution >= 0.6 is 0 Å². The first-order chi connectivity index (χ1) is 6.77. The second kappa shape index (κ2) is 5.39. The second-order valence-corrected chi connectivity index (χ2v) is 2.79. The average Bonchev–Trinajstić information content (AvgIpc) is 2.63. The summed E-state index contributed by atoms with van der Waals surface area (Å²) in [5, 5.41) is 12.6. The number of ether oxygens (including phenoxy) is 1. The first-order valence-corrected chi connectivity index (χ1v) is 4.58. The Morgan fingerprint density at radius 2 is 2.50 bits per heavy atom. The van der Waals surface area contributed by atoms with Crippen LogP contribution < -0.4 is 0 Å². The van der Waals surface area contributed by atoms with Crippen molar-refractivity contribution in [2.75, 3.05) is 13.2 Å². The first kappa shape index (κ1) is 10.7. The molecule has 0 fully saturated rings. The number of esters is 1. The van der Waals surface area contributed by atoms with E-state index in [1.165, 1.54) is 6.20 Å². The minimum absolute atomic E-state index is 0.120. The van der Waals surface area contributed by atoms with Crippen LogP contribution in [-0.4, -0.2) is 34.1 Å². The smallest absolute Gasteiger partial charge is 0.341 e. The van der Waals surface area contributed by atoms with Gasteiger partial charge in [-0.1, -0.05) is 0 Å². The number of hydrogen-bond acceptors (Lipinski definition) is 4. The molecule has 0 saturated heterocycles. The number of nitrogens with zero attached hydrogens (tertiary/aromatic N) is 2. The van der Waals surface area contributed by atoms with Gasteiger partial charge < -0.3 is 9.84 Å². The minimum atomic E-state index is -0.359. The van der Waals surface area contributed by atoms with Gasteiger partial charge in [0.05, 0.1) is 18.4 Å². The van der Waals surface area contributed by atoms with Gasteiger partial charge in [-0.05, 0) is 13.3 Å². The molecule has 78 valence electrons. The van der Waals surface area contributed by atoms with Crippen molar-refractivity contribution in [3.63, 3.8) is 0 Å². The zero-order valence-electron chi connectivity index (χ0n) is 8.14. The first-order valence-electron chi connectivity index (χ1n) is 4.58. The third-order valence-corrected chi connectivity index (χ3v) is 1.69. The molecule has 1 aromatic rings. The van der Waals surface area contributed by atoms with Crippen LogP contribution in [0.3, 0.4) is 0 Å². The molecule has 5 heteroatoms. The van der Waals surface area contributed by atoms with E-state index in [4.69, 9.17) is 9.84 Å². The zero-order chi connectivity index (χ0) is 10.4. The summed E-state index contributed by atoms with van der Waals surface area (Å²) in [5.41, 5.74) is 0.449. The maximum Gasteiger partial charge on any atom is 0.341 e. The highest BCUT2D eigenvalue weighted by Gasteiger charge is 2.08. The molecule has 1 rings (SSSR count). The lowest BCUT2D eigenvalue weighted by Gasteiger charge is -1.98. The molecular weight excluding hydrogens is 184 g/mol. The van der Waals surface area contributed by atoms with Gasteiger partial charge in [0.2, 0.25) is 0 Å². The van der Waals surface area contributed by atoms with E-state index >= 15 is 0 Å². The van der Waals surface area contributed by atoms with Gasteiger partial charge in [0.1, 0.15) is 0 Å². The summed E-state index contributed by atoms with van der Waals surface area (Å²) in [6.45, 7) is 2.85. The molecule has 0 aliphatic carbocycles. The van der Waals surface area contributed by atoms with Gasteiger partial charge in [0, 0.05) is 19.3 Å². The van der Waals surface area contributed by atoms with Crippen LogP contribution in [0, 0.1) is 0 Å². The van der Waals surface area contributed by atoms with Crippen molar-refractivity contribution < 1.29 is 14.6 Å². The SMILES string of the molecule is CCOC(=O)c1cnn(CCCO)c1. The molecule has 0 radical (unpaired) electrons. The number of aromatic nitrogens is 2. The lowest BCUT2D eigenvalue weighted by Crippen LogP contribution is -2.04. The highest BCUT2D eigenvalue weighted by Crippen LogP contribution is 2.01. The van der Waals surface area contributed by atoms with Crippen molar-refractivity contribution in [3.05, 3.63) is 18.0 Å². The largest absolute Gasteiger partial charge is 0.462 e. The van der Waals surface area contributed by atoms with Gasteiger partial charge in [0.15, 0.2) is 0 Å². The molecule has 0 bridgehead atoms. The maximum atomic E-state index is 11.2. The molecule has 0 aromatic carbocycles. The number of aliphatic hydroxyl groups is 1. The van der Waals surface area contributed by atoms with E-state index < -0.39 is 0 Å². The van der Waals surface area contributed by atoms with Gasteiger partial charge in [-0.2, -0.15) is 5.10 Å². The van der Waals surface area contributed by atoms with Gasteiger partial charge >= 0.3 is 5.97 Å². The van der Waals surface area contributed by atoms with Crippen molar-refractivity contribution in [2.45, 2.75) is 19.9 Å². The summed E-state index contributed by atoms with van der Waals surface area (Å²) in [7, 11) is 0. The summed E-state index contributed by atoms with van der Waals surface area (Å²) in [6, 6.07) is 0. The van der Waals surface area contributed by atoms with E-state index in [2.05, 4.69) is 5.10 Å². The molecule has 1 aromatic heterocycles. The minimum Gasteiger partial charge on any atom is -0.462 e. The molecule has 14 heavy (non-hydrogen) atoms. The van der Waals surface area contributed by atoms with Gasteiger partial charge in [-0.15, -0.1) is 0 Å². The number of hydrogen-bond donors (Lipinski definition) is 1. The Labute approximate surface area is 82.3 Å². The van der Waals surface area contributed by atoms with E-state index in [-0.39, 0.29) is 12.6 Å².